The fourth-order valence-electron chi connectivity index (χ4n) is 1.02. The molecule has 0 aliphatic carbocycles. The van der Waals surface area contributed by atoms with E-state index in [1.165, 1.54) is 18.2 Å². The second-order valence-corrected chi connectivity index (χ2v) is 2.76. The molecule has 0 saturated carbocycles. The molecule has 0 bridgehead atoms. The Balaban J connectivity index is 0.00000196. The van der Waals surface area contributed by atoms with Gasteiger partial charge in [-0.2, -0.15) is 0 Å². The molecular weight excluding hydrogens is 220 g/mol. The Morgan fingerprint density at radius 1 is 1.47 bits per heavy atom. The van der Waals surface area contributed by atoms with E-state index < -0.39 is 4.92 Å². The first-order valence-electron chi connectivity index (χ1n) is 3.85. The van der Waals surface area contributed by atoms with E-state index in [0.717, 1.165) is 0 Å². The van der Waals surface area contributed by atoms with Crippen LogP contribution >= 0.6 is 12.4 Å². The highest BCUT2D eigenvalue weighted by atomic mass is 35.5. The first kappa shape index (κ1) is 13.2. The number of nitro benzene ring substituents is 1. The molecule has 0 atom stereocenters. The van der Waals surface area contributed by atoms with Crippen molar-refractivity contribution in [3.63, 3.8) is 0 Å². The molecule has 7 heteroatoms. The number of benzene rings is 1. The van der Waals surface area contributed by atoms with E-state index in [1.54, 1.807) is 6.92 Å². The van der Waals surface area contributed by atoms with E-state index in [9.17, 15) is 10.1 Å². The van der Waals surface area contributed by atoms with Crippen molar-refractivity contribution in [3.8, 4) is 0 Å². The molecule has 0 radical (unpaired) electrons. The van der Waals surface area contributed by atoms with Gasteiger partial charge in [0.2, 0.25) is 0 Å². The summed E-state index contributed by atoms with van der Waals surface area (Å²) >= 11 is 0. The summed E-state index contributed by atoms with van der Waals surface area (Å²) in [5.74, 6) is -0.0676. The molecule has 0 saturated heterocycles. The van der Waals surface area contributed by atoms with Gasteiger partial charge in [0.05, 0.1) is 10.6 Å². The SMILES string of the molecule is Cc1cc([N+](=O)[O-])ccc1N=C(N)N.Cl. The molecule has 0 fully saturated rings. The van der Waals surface area contributed by atoms with E-state index >= 15 is 0 Å². The molecule has 4 N–H and O–H groups in total. The molecule has 0 unspecified atom stereocenters. The van der Waals surface area contributed by atoms with Crippen molar-refractivity contribution in [3.05, 3.63) is 33.9 Å². The Bertz CT molecular complexity index is 402. The molecule has 1 rings (SSSR count). The maximum atomic E-state index is 10.4. The zero-order valence-electron chi connectivity index (χ0n) is 8.01. The molecular formula is C8H11ClN4O2. The highest BCUT2D eigenvalue weighted by molar-refractivity contribution is 5.85. The number of halogens is 1. The number of aliphatic imine (C=N–C) groups is 1. The lowest BCUT2D eigenvalue weighted by atomic mass is 10.2. The van der Waals surface area contributed by atoms with Crippen molar-refractivity contribution >= 4 is 29.7 Å². The van der Waals surface area contributed by atoms with Crippen molar-refractivity contribution in [1.82, 2.24) is 0 Å². The van der Waals surface area contributed by atoms with Gasteiger partial charge in [-0.15, -0.1) is 12.4 Å². The third kappa shape index (κ3) is 3.43. The van der Waals surface area contributed by atoms with Gasteiger partial charge in [-0.05, 0) is 18.6 Å². The van der Waals surface area contributed by atoms with Gasteiger partial charge in [0, 0.05) is 12.1 Å². The number of nitrogens with two attached hydrogens (primary N) is 2. The third-order valence-electron chi connectivity index (χ3n) is 1.64. The van der Waals surface area contributed by atoms with E-state index in [4.69, 9.17) is 11.5 Å². The van der Waals surface area contributed by atoms with Gasteiger partial charge >= 0.3 is 0 Å². The van der Waals surface area contributed by atoms with E-state index in [-0.39, 0.29) is 24.1 Å². The Morgan fingerprint density at radius 3 is 2.47 bits per heavy atom. The normalized spacial score (nSPS) is 8.87. The third-order valence-corrected chi connectivity index (χ3v) is 1.64. The molecule has 82 valence electrons. The smallest absolute Gasteiger partial charge is 0.269 e. The molecule has 15 heavy (non-hydrogen) atoms. The number of hydrogen-bond acceptors (Lipinski definition) is 3. The van der Waals surface area contributed by atoms with Crippen LogP contribution in [0, 0.1) is 17.0 Å². The maximum Gasteiger partial charge on any atom is 0.269 e. The standard InChI is InChI=1S/C8H10N4O2.ClH/c1-5-4-6(12(13)14)2-3-7(5)11-8(9)10;/h2-4H,1H3,(H4,9,10,11);1H. The number of rotatable bonds is 2. The van der Waals surface area contributed by atoms with Crippen LogP contribution in [0.1, 0.15) is 5.56 Å². The molecule has 0 amide bonds. The predicted octanol–water partition coefficient (Wildman–Crippen LogP) is 1.23. The average molecular weight is 231 g/mol. The van der Waals surface area contributed by atoms with Gasteiger partial charge in [-0.25, -0.2) is 4.99 Å². The summed E-state index contributed by atoms with van der Waals surface area (Å²) in [7, 11) is 0. The summed E-state index contributed by atoms with van der Waals surface area (Å²) in [6.45, 7) is 1.70. The largest absolute Gasteiger partial charge is 0.370 e. The number of guanidine groups is 1. The number of non-ortho nitro benzene ring substituents is 1. The average Bonchev–Trinajstić information content (AvgIpc) is 2.07. The van der Waals surface area contributed by atoms with Gasteiger partial charge in [-0.3, -0.25) is 10.1 Å². The molecule has 6 nitrogen and oxygen atoms in total. The van der Waals surface area contributed by atoms with Crippen molar-refractivity contribution in [2.24, 2.45) is 16.5 Å². The summed E-state index contributed by atoms with van der Waals surface area (Å²) in [5, 5.41) is 10.4. The lowest BCUT2D eigenvalue weighted by Gasteiger charge is -1.99. The maximum absolute atomic E-state index is 10.4. The number of hydrogen-bond donors (Lipinski definition) is 2. The minimum Gasteiger partial charge on any atom is -0.370 e. The Morgan fingerprint density at radius 2 is 2.07 bits per heavy atom. The minimum absolute atomic E-state index is 0. The predicted molar refractivity (Wildman–Crippen MR) is 60.6 cm³/mol. The van der Waals surface area contributed by atoms with E-state index in [2.05, 4.69) is 4.99 Å². The fourth-order valence-corrected chi connectivity index (χ4v) is 1.02. The first-order chi connectivity index (χ1) is 6.50. The minimum atomic E-state index is -0.466. The van der Waals surface area contributed by atoms with Crippen LogP contribution in [-0.4, -0.2) is 10.9 Å². The highest BCUT2D eigenvalue weighted by Gasteiger charge is 2.07. The topological polar surface area (TPSA) is 108 Å². The van der Waals surface area contributed by atoms with Gasteiger partial charge < -0.3 is 11.5 Å². The second kappa shape index (κ2) is 5.16. The number of aryl methyl sites for hydroxylation is 1. The van der Waals surface area contributed by atoms with Gasteiger partial charge in [0.25, 0.3) is 5.69 Å². The van der Waals surface area contributed by atoms with Crippen molar-refractivity contribution in [2.45, 2.75) is 6.92 Å². The van der Waals surface area contributed by atoms with Crippen LogP contribution in [0.5, 0.6) is 0 Å². The van der Waals surface area contributed by atoms with Crippen LogP contribution in [0.2, 0.25) is 0 Å². The first-order valence-corrected chi connectivity index (χ1v) is 3.85. The zero-order chi connectivity index (χ0) is 10.7. The molecule has 0 aliphatic rings. The van der Waals surface area contributed by atoms with Gasteiger partial charge in [-0.1, -0.05) is 0 Å². The Hall–Kier alpha value is -1.82. The lowest BCUT2D eigenvalue weighted by molar-refractivity contribution is -0.384. The van der Waals surface area contributed by atoms with E-state index in [1.807, 2.05) is 0 Å². The summed E-state index contributed by atoms with van der Waals surface area (Å²) in [6, 6.07) is 4.28. The van der Waals surface area contributed by atoms with Crippen LogP contribution in [0.3, 0.4) is 0 Å². The van der Waals surface area contributed by atoms with Crippen LogP contribution < -0.4 is 11.5 Å². The summed E-state index contributed by atoms with van der Waals surface area (Å²) < 4.78 is 0. The monoisotopic (exact) mass is 230 g/mol. The summed E-state index contributed by atoms with van der Waals surface area (Å²) in [6.07, 6.45) is 0. The van der Waals surface area contributed by atoms with Crippen LogP contribution in [0.25, 0.3) is 0 Å². The second-order valence-electron chi connectivity index (χ2n) is 2.76. The fraction of sp³-hybridized carbons (Fsp3) is 0.125. The molecule has 0 heterocycles. The van der Waals surface area contributed by atoms with Crippen LogP contribution in [-0.2, 0) is 0 Å². The number of nitro groups is 1. The number of nitrogens with zero attached hydrogens (tertiary/aromatic N) is 2. The van der Waals surface area contributed by atoms with Crippen molar-refractivity contribution in [1.29, 1.82) is 0 Å². The van der Waals surface area contributed by atoms with Crippen molar-refractivity contribution < 1.29 is 4.92 Å². The van der Waals surface area contributed by atoms with Crippen molar-refractivity contribution in [2.75, 3.05) is 0 Å². The van der Waals surface area contributed by atoms with Crippen LogP contribution in [0.15, 0.2) is 23.2 Å². The molecule has 1 aromatic rings. The Labute approximate surface area is 92.5 Å². The quantitative estimate of drug-likeness (QED) is 0.345. The molecule has 0 aromatic heterocycles. The van der Waals surface area contributed by atoms with Gasteiger partial charge in [0.15, 0.2) is 5.96 Å². The van der Waals surface area contributed by atoms with Crippen LogP contribution in [0.4, 0.5) is 11.4 Å². The molecule has 0 aliphatic heterocycles. The summed E-state index contributed by atoms with van der Waals surface area (Å²) in [4.78, 5) is 13.8. The Kier molecular flexibility index (Phi) is 4.53. The zero-order valence-corrected chi connectivity index (χ0v) is 8.82. The highest BCUT2D eigenvalue weighted by Crippen LogP contribution is 2.23. The summed E-state index contributed by atoms with van der Waals surface area (Å²) in [5.41, 5.74) is 11.6. The van der Waals surface area contributed by atoms with Gasteiger partial charge in [0.1, 0.15) is 0 Å². The lowest BCUT2D eigenvalue weighted by Crippen LogP contribution is -2.22. The molecule has 0 spiro atoms. The molecule has 1 aromatic carbocycles. The van der Waals surface area contributed by atoms with E-state index in [0.29, 0.717) is 11.3 Å².